The highest BCUT2D eigenvalue weighted by Crippen LogP contribution is 2.59. The third-order valence-corrected chi connectivity index (χ3v) is 7.09. The molecule has 0 amide bonds. The largest absolute Gasteiger partial charge is 0.515 e. The number of carbonyl (C=O) groups is 1. The van der Waals surface area contributed by atoms with E-state index >= 15 is 0 Å². The van der Waals surface area contributed by atoms with E-state index in [2.05, 4.69) is 0 Å². The summed E-state index contributed by atoms with van der Waals surface area (Å²) in [5.41, 5.74) is 0.700. The molecule has 2 N–H and O–H groups in total. The Kier molecular flexibility index (Phi) is 7.05. The van der Waals surface area contributed by atoms with E-state index in [0.29, 0.717) is 58.1 Å². The van der Waals surface area contributed by atoms with Crippen molar-refractivity contribution in [3.05, 3.63) is 35.1 Å². The summed E-state index contributed by atoms with van der Waals surface area (Å²) in [5.74, 6) is 1.04. The van der Waals surface area contributed by atoms with Gasteiger partial charge in [-0.3, -0.25) is 0 Å². The Bertz CT molecular complexity index is 1250. The number of aliphatic hydroxyl groups excluding tert-OH is 1. The summed E-state index contributed by atoms with van der Waals surface area (Å²) in [6.45, 7) is 4.92. The second-order valence-electron chi connectivity index (χ2n) is 9.22. The second-order valence-corrected chi connectivity index (χ2v) is 9.22. The highest BCUT2D eigenvalue weighted by atomic mass is 16.7. The fraction of sp³-hybridized carbons (Fsp3) is 0.444. The van der Waals surface area contributed by atoms with Crippen LogP contribution >= 0.6 is 0 Å². The molecule has 0 spiro atoms. The zero-order valence-corrected chi connectivity index (χ0v) is 22.0. The smallest absolute Gasteiger partial charge is 0.337 e. The van der Waals surface area contributed by atoms with Crippen LogP contribution in [0.2, 0.25) is 0 Å². The highest BCUT2D eigenvalue weighted by molar-refractivity contribution is 5.90. The van der Waals surface area contributed by atoms with E-state index in [0.717, 1.165) is 5.56 Å². The quantitative estimate of drug-likeness (QED) is 0.330. The molecule has 0 unspecified atom stereocenters. The summed E-state index contributed by atoms with van der Waals surface area (Å²) < 4.78 is 40.3. The molecule has 10 nitrogen and oxygen atoms in total. The Morgan fingerprint density at radius 3 is 2.30 bits per heavy atom. The molecule has 0 aromatic heterocycles. The number of hydrogen-bond acceptors (Lipinski definition) is 10. The number of methoxy groups -OCH3 is 4. The summed E-state index contributed by atoms with van der Waals surface area (Å²) in [4.78, 5) is 12.9. The molecule has 0 radical (unpaired) electrons. The van der Waals surface area contributed by atoms with Gasteiger partial charge in [0.2, 0.25) is 18.3 Å². The van der Waals surface area contributed by atoms with E-state index in [-0.39, 0.29) is 18.1 Å². The van der Waals surface area contributed by atoms with Gasteiger partial charge in [0.15, 0.2) is 29.1 Å². The number of carbonyl (C=O) groups excluding carboxylic acids is 1. The molecule has 2 aliphatic rings. The fourth-order valence-electron chi connectivity index (χ4n) is 4.88. The van der Waals surface area contributed by atoms with E-state index in [1.807, 2.05) is 13.0 Å². The maximum Gasteiger partial charge on any atom is 0.337 e. The van der Waals surface area contributed by atoms with Crippen LogP contribution in [0.4, 0.5) is 0 Å². The standard InChI is InChI=1S/C27H32O10/c1-13(11-28)26(29)37-25-16-10-17(31-4)21(32-5)24(34-7)20(16)19-15(8-14(2)27(25,3)30)9-18-22(23(19)33-6)36-12-35-18/h9-11,14,25,28,30H,8,12H2,1-7H3/b13-11-/t14-,25-,27-/m0/s1. The van der Waals surface area contributed by atoms with E-state index in [1.165, 1.54) is 35.4 Å². The molecule has 200 valence electrons. The molecule has 4 rings (SSSR count). The molecule has 2 aromatic carbocycles. The van der Waals surface area contributed by atoms with Gasteiger partial charge < -0.3 is 43.4 Å². The molecule has 1 heterocycles. The number of benzene rings is 2. The molecule has 3 atom stereocenters. The molecule has 10 heteroatoms. The van der Waals surface area contributed by atoms with Gasteiger partial charge in [-0.15, -0.1) is 0 Å². The second kappa shape index (κ2) is 9.93. The van der Waals surface area contributed by atoms with Crippen molar-refractivity contribution in [2.24, 2.45) is 5.92 Å². The lowest BCUT2D eigenvalue weighted by atomic mass is 9.73. The SMILES string of the molecule is COc1cc2c(c(OC)c1OC)-c1c(cc3c(c1OC)OCO3)C[C@H](C)[C@](C)(O)[C@H]2OC(=O)/C(C)=C\O. The Hall–Kier alpha value is -3.79. The number of esters is 1. The first kappa shape index (κ1) is 26.3. The predicted octanol–water partition coefficient (Wildman–Crippen LogP) is 4.11. The third kappa shape index (κ3) is 4.15. The monoisotopic (exact) mass is 516 g/mol. The van der Waals surface area contributed by atoms with Crippen LogP contribution in [0.25, 0.3) is 11.1 Å². The van der Waals surface area contributed by atoms with E-state index < -0.39 is 23.6 Å². The average molecular weight is 517 g/mol. The third-order valence-electron chi connectivity index (χ3n) is 7.09. The molecule has 37 heavy (non-hydrogen) atoms. The first-order chi connectivity index (χ1) is 17.6. The average Bonchev–Trinajstić information content (AvgIpc) is 3.36. The number of ether oxygens (including phenoxy) is 7. The molecule has 0 saturated heterocycles. The molecule has 0 saturated carbocycles. The van der Waals surface area contributed by atoms with Crippen LogP contribution in [0.15, 0.2) is 24.0 Å². The predicted molar refractivity (Wildman–Crippen MR) is 133 cm³/mol. The lowest BCUT2D eigenvalue weighted by molar-refractivity contribution is -0.167. The number of aliphatic hydroxyl groups is 2. The van der Waals surface area contributed by atoms with Gasteiger partial charge in [-0.1, -0.05) is 6.92 Å². The van der Waals surface area contributed by atoms with Crippen molar-refractivity contribution in [1.29, 1.82) is 0 Å². The lowest BCUT2D eigenvalue weighted by Crippen LogP contribution is -2.44. The van der Waals surface area contributed by atoms with Gasteiger partial charge in [0.05, 0.1) is 40.3 Å². The van der Waals surface area contributed by atoms with Gasteiger partial charge >= 0.3 is 5.97 Å². The van der Waals surface area contributed by atoms with Gasteiger partial charge in [-0.2, -0.15) is 0 Å². The van der Waals surface area contributed by atoms with Crippen molar-refractivity contribution in [3.8, 4) is 45.6 Å². The number of rotatable bonds is 6. The Labute approximate surface area is 215 Å². The van der Waals surface area contributed by atoms with E-state index in [9.17, 15) is 15.0 Å². The van der Waals surface area contributed by atoms with Crippen LogP contribution in [0, 0.1) is 5.92 Å². The molecule has 1 aliphatic heterocycles. The minimum Gasteiger partial charge on any atom is -0.515 e. The first-order valence-electron chi connectivity index (χ1n) is 11.7. The Morgan fingerprint density at radius 2 is 1.70 bits per heavy atom. The topological polar surface area (TPSA) is 122 Å². The Balaban J connectivity index is 2.17. The Morgan fingerprint density at radius 1 is 1.03 bits per heavy atom. The van der Waals surface area contributed by atoms with Crippen molar-refractivity contribution in [1.82, 2.24) is 0 Å². The maximum atomic E-state index is 12.9. The van der Waals surface area contributed by atoms with Crippen LogP contribution in [0.1, 0.15) is 38.0 Å². The van der Waals surface area contributed by atoms with Gasteiger partial charge in [-0.25, -0.2) is 4.79 Å². The van der Waals surface area contributed by atoms with Gasteiger partial charge in [0.25, 0.3) is 0 Å². The van der Waals surface area contributed by atoms with Gasteiger partial charge in [-0.05, 0) is 43.9 Å². The minimum absolute atomic E-state index is 0.0270. The normalized spacial score (nSPS) is 22.2. The van der Waals surface area contributed by atoms with Gasteiger partial charge in [0.1, 0.15) is 5.60 Å². The highest BCUT2D eigenvalue weighted by Gasteiger charge is 2.47. The maximum absolute atomic E-state index is 12.9. The van der Waals surface area contributed by atoms with Gasteiger partial charge in [0, 0.05) is 16.7 Å². The fourth-order valence-corrected chi connectivity index (χ4v) is 4.88. The van der Waals surface area contributed by atoms with Crippen LogP contribution in [0.3, 0.4) is 0 Å². The zero-order chi connectivity index (χ0) is 27.1. The summed E-state index contributed by atoms with van der Waals surface area (Å²) in [6, 6.07) is 3.50. The molecule has 0 bridgehead atoms. The molecule has 2 aromatic rings. The molecule has 1 aliphatic carbocycles. The summed E-state index contributed by atoms with van der Waals surface area (Å²) in [5, 5.41) is 21.3. The van der Waals surface area contributed by atoms with Crippen molar-refractivity contribution in [2.75, 3.05) is 35.2 Å². The lowest BCUT2D eigenvalue weighted by Gasteiger charge is -2.41. The molecular weight excluding hydrogens is 484 g/mol. The molecule has 0 fully saturated rings. The summed E-state index contributed by atoms with van der Waals surface area (Å²) >= 11 is 0. The van der Waals surface area contributed by atoms with Crippen molar-refractivity contribution in [2.45, 2.75) is 38.9 Å². The summed E-state index contributed by atoms with van der Waals surface area (Å²) in [7, 11) is 5.96. The van der Waals surface area contributed by atoms with E-state index in [1.54, 1.807) is 13.0 Å². The zero-order valence-electron chi connectivity index (χ0n) is 22.0. The first-order valence-corrected chi connectivity index (χ1v) is 11.7. The summed E-state index contributed by atoms with van der Waals surface area (Å²) in [6.07, 6.45) is -0.162. The number of fused-ring (bicyclic) bond motifs is 4. The number of hydrogen-bond donors (Lipinski definition) is 2. The van der Waals surface area contributed by atoms with Crippen LogP contribution in [0.5, 0.6) is 34.5 Å². The van der Waals surface area contributed by atoms with E-state index in [4.69, 9.17) is 33.2 Å². The van der Waals surface area contributed by atoms with Crippen LogP contribution in [-0.2, 0) is 16.0 Å². The van der Waals surface area contributed by atoms with Crippen molar-refractivity contribution in [3.63, 3.8) is 0 Å². The van der Waals surface area contributed by atoms with Crippen LogP contribution in [-0.4, -0.2) is 57.0 Å². The van der Waals surface area contributed by atoms with Crippen LogP contribution < -0.4 is 28.4 Å². The van der Waals surface area contributed by atoms with Crippen molar-refractivity contribution >= 4 is 5.97 Å². The van der Waals surface area contributed by atoms with Crippen molar-refractivity contribution < 1.29 is 48.2 Å². The molecular formula is C27H32O10. The minimum atomic E-state index is -1.56.